The van der Waals surface area contributed by atoms with Gasteiger partial charge in [-0.15, -0.1) is 5.10 Å². The van der Waals surface area contributed by atoms with Gasteiger partial charge in [0, 0.05) is 0 Å². The highest BCUT2D eigenvalue weighted by atomic mass is 16.5. The van der Waals surface area contributed by atoms with Crippen molar-refractivity contribution in [3.63, 3.8) is 0 Å². The first kappa shape index (κ1) is 10.8. The zero-order valence-corrected chi connectivity index (χ0v) is 10.1. The monoisotopic (exact) mass is 239 g/mol. The predicted molar refractivity (Wildman–Crippen MR) is 69.6 cm³/mol. The lowest BCUT2D eigenvalue weighted by atomic mass is 10.1. The summed E-state index contributed by atoms with van der Waals surface area (Å²) >= 11 is 0. The summed E-state index contributed by atoms with van der Waals surface area (Å²) in [6, 6.07) is 16.6. The Morgan fingerprint density at radius 1 is 1.00 bits per heavy atom. The largest absolute Gasteiger partial charge is 0.464 e. The highest BCUT2D eigenvalue weighted by Crippen LogP contribution is 2.23. The lowest BCUT2D eigenvalue weighted by Gasteiger charge is -2.07. The van der Waals surface area contributed by atoms with E-state index in [-0.39, 0.29) is 0 Å². The summed E-state index contributed by atoms with van der Waals surface area (Å²) in [5.41, 5.74) is 2.94. The number of fused-ring (bicyclic) bond motifs is 1. The highest BCUT2D eigenvalue weighted by molar-refractivity contribution is 5.64. The van der Waals surface area contributed by atoms with E-state index >= 15 is 0 Å². The summed E-state index contributed by atoms with van der Waals surface area (Å²) in [6.07, 6.45) is 0. The van der Waals surface area contributed by atoms with Crippen LogP contribution in [0.4, 0.5) is 0 Å². The van der Waals surface area contributed by atoms with Crippen molar-refractivity contribution in [2.75, 3.05) is 6.61 Å². The molecular formula is C14H13N3O. The maximum Gasteiger partial charge on any atom is 0.322 e. The minimum atomic E-state index is 0.534. The normalized spacial score (nSPS) is 10.7. The first-order valence-electron chi connectivity index (χ1n) is 5.92. The molecule has 0 aliphatic rings. The van der Waals surface area contributed by atoms with Gasteiger partial charge in [0.15, 0.2) is 5.65 Å². The van der Waals surface area contributed by atoms with Crippen LogP contribution in [0, 0.1) is 0 Å². The Hall–Kier alpha value is -2.36. The van der Waals surface area contributed by atoms with Crippen molar-refractivity contribution >= 4 is 5.65 Å². The molecule has 3 aromatic rings. The first-order chi connectivity index (χ1) is 8.90. The summed E-state index contributed by atoms with van der Waals surface area (Å²) < 4.78 is 7.44. The second kappa shape index (κ2) is 4.49. The van der Waals surface area contributed by atoms with Crippen LogP contribution in [0.2, 0.25) is 0 Å². The third-order valence-electron chi connectivity index (χ3n) is 2.74. The molecule has 0 unspecified atom stereocenters. The molecule has 2 aromatic heterocycles. The van der Waals surface area contributed by atoms with Gasteiger partial charge in [0.2, 0.25) is 0 Å². The summed E-state index contributed by atoms with van der Waals surface area (Å²) in [5.74, 6) is 0. The second-order valence-corrected chi connectivity index (χ2v) is 3.89. The van der Waals surface area contributed by atoms with Crippen LogP contribution >= 0.6 is 0 Å². The highest BCUT2D eigenvalue weighted by Gasteiger charge is 2.10. The molecular weight excluding hydrogens is 226 g/mol. The van der Waals surface area contributed by atoms with Crippen molar-refractivity contribution < 1.29 is 4.74 Å². The van der Waals surface area contributed by atoms with Crippen LogP contribution in [0.1, 0.15) is 6.92 Å². The Bertz CT molecular complexity index is 661. The van der Waals surface area contributed by atoms with Crippen molar-refractivity contribution in [3.8, 4) is 17.3 Å². The molecule has 4 nitrogen and oxygen atoms in total. The van der Waals surface area contributed by atoms with Crippen LogP contribution in [-0.2, 0) is 0 Å². The van der Waals surface area contributed by atoms with Crippen molar-refractivity contribution in [3.05, 3.63) is 48.5 Å². The van der Waals surface area contributed by atoms with Crippen molar-refractivity contribution in [1.29, 1.82) is 0 Å². The molecule has 0 amide bonds. The van der Waals surface area contributed by atoms with E-state index in [1.54, 1.807) is 0 Å². The lowest BCUT2D eigenvalue weighted by molar-refractivity contribution is 0.309. The van der Waals surface area contributed by atoms with Crippen LogP contribution in [-0.4, -0.2) is 21.2 Å². The number of hydrogen-bond donors (Lipinski definition) is 0. The number of nitrogens with zero attached hydrogens (tertiary/aromatic N) is 3. The van der Waals surface area contributed by atoms with E-state index in [0.717, 1.165) is 16.9 Å². The number of rotatable bonds is 3. The van der Waals surface area contributed by atoms with Gasteiger partial charge in [-0.3, -0.25) is 0 Å². The maximum absolute atomic E-state index is 5.51. The van der Waals surface area contributed by atoms with Crippen LogP contribution in [0.5, 0.6) is 6.01 Å². The Morgan fingerprint density at radius 3 is 2.61 bits per heavy atom. The molecule has 18 heavy (non-hydrogen) atoms. The molecule has 3 rings (SSSR count). The van der Waals surface area contributed by atoms with E-state index < -0.39 is 0 Å². The van der Waals surface area contributed by atoms with Gasteiger partial charge >= 0.3 is 6.01 Å². The molecule has 0 atom stereocenters. The quantitative estimate of drug-likeness (QED) is 0.705. The van der Waals surface area contributed by atoms with Crippen LogP contribution in [0.25, 0.3) is 16.9 Å². The van der Waals surface area contributed by atoms with Gasteiger partial charge < -0.3 is 4.74 Å². The van der Waals surface area contributed by atoms with Crippen molar-refractivity contribution in [1.82, 2.24) is 14.6 Å². The van der Waals surface area contributed by atoms with E-state index in [1.807, 2.05) is 47.7 Å². The Balaban J connectivity index is 2.25. The van der Waals surface area contributed by atoms with E-state index in [2.05, 4.69) is 22.3 Å². The SMILES string of the molecule is CCOc1nnc2cccc(-c3ccccc3)n12. The van der Waals surface area contributed by atoms with E-state index in [9.17, 15) is 0 Å². The number of hydrogen-bond acceptors (Lipinski definition) is 3. The molecule has 0 saturated carbocycles. The molecule has 0 spiro atoms. The molecule has 90 valence electrons. The Kier molecular flexibility index (Phi) is 2.68. The standard InChI is InChI=1S/C14H13N3O/c1-2-18-14-16-15-13-10-6-9-12(17(13)14)11-7-4-3-5-8-11/h3-10H,2H2,1H3. The van der Waals surface area contributed by atoms with Crippen molar-refractivity contribution in [2.45, 2.75) is 6.92 Å². The fourth-order valence-electron chi connectivity index (χ4n) is 1.97. The molecule has 0 fully saturated rings. The number of pyridine rings is 1. The zero-order valence-electron chi connectivity index (χ0n) is 10.1. The number of ether oxygens (including phenoxy) is 1. The molecule has 0 aliphatic heterocycles. The predicted octanol–water partition coefficient (Wildman–Crippen LogP) is 2.80. The fraction of sp³-hybridized carbons (Fsp3) is 0.143. The fourth-order valence-corrected chi connectivity index (χ4v) is 1.97. The van der Waals surface area contributed by atoms with Gasteiger partial charge in [-0.25, -0.2) is 4.40 Å². The summed E-state index contributed by atoms with van der Waals surface area (Å²) in [4.78, 5) is 0. The van der Waals surface area contributed by atoms with E-state index in [1.165, 1.54) is 0 Å². The molecule has 2 heterocycles. The lowest BCUT2D eigenvalue weighted by Crippen LogP contribution is -1.99. The zero-order chi connectivity index (χ0) is 12.4. The molecule has 4 heteroatoms. The molecule has 0 N–H and O–H groups in total. The number of aromatic nitrogens is 3. The minimum Gasteiger partial charge on any atom is -0.464 e. The maximum atomic E-state index is 5.51. The van der Waals surface area contributed by atoms with Crippen LogP contribution in [0.3, 0.4) is 0 Å². The Labute approximate surface area is 105 Å². The smallest absolute Gasteiger partial charge is 0.322 e. The molecule has 0 radical (unpaired) electrons. The van der Waals surface area contributed by atoms with Gasteiger partial charge in [-0.1, -0.05) is 41.5 Å². The van der Waals surface area contributed by atoms with Gasteiger partial charge in [0.1, 0.15) is 0 Å². The van der Waals surface area contributed by atoms with Gasteiger partial charge in [-0.05, 0) is 24.6 Å². The summed E-state index contributed by atoms with van der Waals surface area (Å²) in [7, 11) is 0. The molecule has 0 bridgehead atoms. The first-order valence-corrected chi connectivity index (χ1v) is 5.92. The average Bonchev–Trinajstić information content (AvgIpc) is 2.84. The minimum absolute atomic E-state index is 0.534. The Morgan fingerprint density at radius 2 is 1.83 bits per heavy atom. The van der Waals surface area contributed by atoms with Gasteiger partial charge in [0.25, 0.3) is 0 Å². The molecule has 1 aromatic carbocycles. The average molecular weight is 239 g/mol. The summed E-state index contributed by atoms with van der Waals surface area (Å²) in [5, 5.41) is 8.17. The van der Waals surface area contributed by atoms with Crippen LogP contribution in [0.15, 0.2) is 48.5 Å². The second-order valence-electron chi connectivity index (χ2n) is 3.89. The summed E-state index contributed by atoms with van der Waals surface area (Å²) in [6.45, 7) is 2.51. The topological polar surface area (TPSA) is 39.4 Å². The number of benzene rings is 1. The third-order valence-corrected chi connectivity index (χ3v) is 2.74. The third kappa shape index (κ3) is 1.72. The van der Waals surface area contributed by atoms with E-state index in [4.69, 9.17) is 4.74 Å². The van der Waals surface area contributed by atoms with Gasteiger partial charge in [0.05, 0.1) is 12.3 Å². The molecule has 0 saturated heterocycles. The van der Waals surface area contributed by atoms with E-state index in [0.29, 0.717) is 12.6 Å². The van der Waals surface area contributed by atoms with Crippen molar-refractivity contribution in [2.24, 2.45) is 0 Å². The van der Waals surface area contributed by atoms with Gasteiger partial charge in [-0.2, -0.15) is 0 Å². The molecule has 0 aliphatic carbocycles. The van der Waals surface area contributed by atoms with Crippen LogP contribution < -0.4 is 4.74 Å².